The van der Waals surface area contributed by atoms with E-state index in [0.717, 1.165) is 37.6 Å². The van der Waals surface area contributed by atoms with Crippen molar-refractivity contribution in [3.8, 4) is 0 Å². The lowest BCUT2D eigenvalue weighted by Crippen LogP contribution is -2.30. The molecule has 1 aromatic heterocycles. The number of aromatic nitrogens is 1. The van der Waals surface area contributed by atoms with Gasteiger partial charge in [-0.2, -0.15) is 0 Å². The SMILES string of the molecule is CCCNCC(=O)Nc1ccc(N2CCCCC2)nc1. The fraction of sp³-hybridized carbons (Fsp3) is 0.600. The van der Waals surface area contributed by atoms with Gasteiger partial charge in [0.2, 0.25) is 5.91 Å². The molecule has 20 heavy (non-hydrogen) atoms. The molecule has 2 heterocycles. The first-order valence-electron chi connectivity index (χ1n) is 7.51. The molecular weight excluding hydrogens is 252 g/mol. The first-order valence-corrected chi connectivity index (χ1v) is 7.51. The Morgan fingerprint density at radius 1 is 1.30 bits per heavy atom. The average Bonchev–Trinajstić information content (AvgIpc) is 2.49. The zero-order chi connectivity index (χ0) is 14.2. The molecule has 1 fully saturated rings. The molecule has 5 nitrogen and oxygen atoms in total. The minimum atomic E-state index is -0.0222. The summed E-state index contributed by atoms with van der Waals surface area (Å²) in [6, 6.07) is 3.91. The zero-order valence-corrected chi connectivity index (χ0v) is 12.2. The van der Waals surface area contributed by atoms with E-state index in [4.69, 9.17) is 0 Å². The predicted molar refractivity (Wildman–Crippen MR) is 82.1 cm³/mol. The number of piperidine rings is 1. The fourth-order valence-corrected chi connectivity index (χ4v) is 2.35. The van der Waals surface area contributed by atoms with Gasteiger partial charge in [0, 0.05) is 13.1 Å². The molecule has 2 N–H and O–H groups in total. The van der Waals surface area contributed by atoms with Gasteiger partial charge in [0.05, 0.1) is 18.4 Å². The highest BCUT2D eigenvalue weighted by molar-refractivity contribution is 5.92. The summed E-state index contributed by atoms with van der Waals surface area (Å²) in [7, 11) is 0. The lowest BCUT2D eigenvalue weighted by Gasteiger charge is -2.27. The number of anilines is 2. The molecule has 0 aromatic carbocycles. The van der Waals surface area contributed by atoms with E-state index in [2.05, 4.69) is 27.4 Å². The molecule has 0 spiro atoms. The summed E-state index contributed by atoms with van der Waals surface area (Å²) < 4.78 is 0. The summed E-state index contributed by atoms with van der Waals surface area (Å²) >= 11 is 0. The number of carbonyl (C=O) groups is 1. The van der Waals surface area contributed by atoms with Crippen LogP contribution in [0.25, 0.3) is 0 Å². The van der Waals surface area contributed by atoms with E-state index < -0.39 is 0 Å². The van der Waals surface area contributed by atoms with Crippen LogP contribution in [0, 0.1) is 0 Å². The summed E-state index contributed by atoms with van der Waals surface area (Å²) in [5.41, 5.74) is 0.758. The maximum absolute atomic E-state index is 11.7. The van der Waals surface area contributed by atoms with Crippen molar-refractivity contribution in [1.29, 1.82) is 0 Å². The summed E-state index contributed by atoms with van der Waals surface area (Å²) in [5, 5.41) is 5.93. The quantitative estimate of drug-likeness (QED) is 0.780. The third kappa shape index (κ3) is 4.49. The molecule has 1 amide bonds. The van der Waals surface area contributed by atoms with Crippen molar-refractivity contribution in [3.63, 3.8) is 0 Å². The lowest BCUT2D eigenvalue weighted by molar-refractivity contribution is -0.115. The minimum Gasteiger partial charge on any atom is -0.357 e. The van der Waals surface area contributed by atoms with Crippen LogP contribution in [-0.4, -0.2) is 37.1 Å². The lowest BCUT2D eigenvalue weighted by atomic mass is 10.1. The molecule has 0 saturated carbocycles. The molecule has 1 aliphatic heterocycles. The Kier molecular flexibility index (Phi) is 5.80. The molecule has 0 bridgehead atoms. The smallest absolute Gasteiger partial charge is 0.238 e. The van der Waals surface area contributed by atoms with Crippen LogP contribution in [-0.2, 0) is 4.79 Å². The monoisotopic (exact) mass is 276 g/mol. The van der Waals surface area contributed by atoms with Crippen molar-refractivity contribution in [2.24, 2.45) is 0 Å². The molecule has 0 aliphatic carbocycles. The van der Waals surface area contributed by atoms with Gasteiger partial charge in [0.25, 0.3) is 0 Å². The third-order valence-corrected chi connectivity index (χ3v) is 3.42. The predicted octanol–water partition coefficient (Wildman–Crippen LogP) is 2.01. The first-order chi connectivity index (χ1) is 9.79. The number of pyridine rings is 1. The van der Waals surface area contributed by atoms with Gasteiger partial charge in [-0.05, 0) is 44.4 Å². The summed E-state index contributed by atoms with van der Waals surface area (Å²) in [5.74, 6) is 0.984. The number of rotatable bonds is 6. The van der Waals surface area contributed by atoms with Gasteiger partial charge in [0.15, 0.2) is 0 Å². The second-order valence-corrected chi connectivity index (χ2v) is 5.18. The van der Waals surface area contributed by atoms with Crippen LogP contribution in [0.5, 0.6) is 0 Å². The summed E-state index contributed by atoms with van der Waals surface area (Å²) in [4.78, 5) is 18.4. The van der Waals surface area contributed by atoms with Gasteiger partial charge in [-0.25, -0.2) is 4.98 Å². The second-order valence-electron chi connectivity index (χ2n) is 5.18. The van der Waals surface area contributed by atoms with Crippen molar-refractivity contribution in [2.75, 3.05) is 36.4 Å². The number of amides is 1. The Balaban J connectivity index is 1.83. The van der Waals surface area contributed by atoms with Crippen LogP contribution in [0.15, 0.2) is 18.3 Å². The van der Waals surface area contributed by atoms with Crippen LogP contribution in [0.3, 0.4) is 0 Å². The van der Waals surface area contributed by atoms with Crippen LogP contribution < -0.4 is 15.5 Å². The Morgan fingerprint density at radius 3 is 2.75 bits per heavy atom. The highest BCUT2D eigenvalue weighted by Gasteiger charge is 2.11. The molecule has 0 radical (unpaired) electrons. The highest BCUT2D eigenvalue weighted by atomic mass is 16.1. The molecular formula is C15H24N4O. The maximum atomic E-state index is 11.7. The van der Waals surface area contributed by atoms with E-state index in [1.54, 1.807) is 6.20 Å². The van der Waals surface area contributed by atoms with Crippen LogP contribution >= 0.6 is 0 Å². The number of carbonyl (C=O) groups excluding carboxylic acids is 1. The number of hydrogen-bond acceptors (Lipinski definition) is 4. The van der Waals surface area contributed by atoms with Gasteiger partial charge in [-0.15, -0.1) is 0 Å². The maximum Gasteiger partial charge on any atom is 0.238 e. The Hall–Kier alpha value is -1.62. The normalized spacial score (nSPS) is 15.2. The van der Waals surface area contributed by atoms with E-state index in [1.165, 1.54) is 19.3 Å². The van der Waals surface area contributed by atoms with E-state index in [0.29, 0.717) is 6.54 Å². The summed E-state index contributed by atoms with van der Waals surface area (Å²) in [6.07, 6.45) is 6.56. The van der Waals surface area contributed by atoms with Crippen LogP contribution in [0.1, 0.15) is 32.6 Å². The van der Waals surface area contributed by atoms with Gasteiger partial charge >= 0.3 is 0 Å². The second kappa shape index (κ2) is 7.85. The molecule has 5 heteroatoms. The third-order valence-electron chi connectivity index (χ3n) is 3.42. The highest BCUT2D eigenvalue weighted by Crippen LogP contribution is 2.18. The van der Waals surface area contributed by atoms with Crippen LogP contribution in [0.4, 0.5) is 11.5 Å². The average molecular weight is 276 g/mol. The van der Waals surface area contributed by atoms with E-state index in [9.17, 15) is 4.79 Å². The number of nitrogens with one attached hydrogen (secondary N) is 2. The Bertz CT molecular complexity index is 412. The Morgan fingerprint density at radius 2 is 2.10 bits per heavy atom. The fourth-order valence-electron chi connectivity index (χ4n) is 2.35. The standard InChI is InChI=1S/C15H24N4O/c1-2-8-16-12-15(20)18-13-6-7-14(17-11-13)19-9-4-3-5-10-19/h6-7,11,16H,2-5,8-10,12H2,1H3,(H,18,20). The van der Waals surface area contributed by atoms with Crippen molar-refractivity contribution >= 4 is 17.4 Å². The van der Waals surface area contributed by atoms with Gasteiger partial charge in [0.1, 0.15) is 5.82 Å². The molecule has 1 aromatic rings. The van der Waals surface area contributed by atoms with E-state index in [1.807, 2.05) is 12.1 Å². The number of nitrogens with zero attached hydrogens (tertiary/aromatic N) is 2. The Labute approximate surface area is 120 Å². The molecule has 110 valence electrons. The largest absolute Gasteiger partial charge is 0.357 e. The number of hydrogen-bond donors (Lipinski definition) is 2. The van der Waals surface area contributed by atoms with Gasteiger partial charge < -0.3 is 15.5 Å². The van der Waals surface area contributed by atoms with E-state index in [-0.39, 0.29) is 5.91 Å². The van der Waals surface area contributed by atoms with E-state index >= 15 is 0 Å². The van der Waals surface area contributed by atoms with Crippen molar-refractivity contribution < 1.29 is 4.79 Å². The zero-order valence-electron chi connectivity index (χ0n) is 12.2. The minimum absolute atomic E-state index is 0.0222. The molecule has 1 saturated heterocycles. The van der Waals surface area contributed by atoms with Crippen molar-refractivity contribution in [3.05, 3.63) is 18.3 Å². The molecule has 0 atom stereocenters. The first kappa shape index (κ1) is 14.8. The van der Waals surface area contributed by atoms with Crippen molar-refractivity contribution in [2.45, 2.75) is 32.6 Å². The van der Waals surface area contributed by atoms with Crippen molar-refractivity contribution in [1.82, 2.24) is 10.3 Å². The topological polar surface area (TPSA) is 57.3 Å². The molecule has 2 rings (SSSR count). The summed E-state index contributed by atoms with van der Waals surface area (Å²) in [6.45, 7) is 5.45. The molecule has 0 unspecified atom stereocenters. The van der Waals surface area contributed by atoms with Crippen LogP contribution in [0.2, 0.25) is 0 Å². The van der Waals surface area contributed by atoms with Gasteiger partial charge in [-0.1, -0.05) is 6.92 Å². The molecule has 1 aliphatic rings. The van der Waals surface area contributed by atoms with Gasteiger partial charge in [-0.3, -0.25) is 4.79 Å².